The standard InChI is InChI=1S/C16H20N2O5S/c1-11(2)16(3,10-17)18-14(19)9-23-15(20)12-7-5-6-8-13(12)24(4,21)22/h5-8,11H,9H2,1-4H3,(H,18,19)/t16-/m0/s1. The summed E-state index contributed by atoms with van der Waals surface area (Å²) in [5.74, 6) is -1.71. The summed E-state index contributed by atoms with van der Waals surface area (Å²) >= 11 is 0. The SMILES string of the molecule is CC(C)[C@](C)(C#N)NC(=O)COC(=O)c1ccccc1S(C)(=O)=O. The minimum Gasteiger partial charge on any atom is -0.452 e. The lowest BCUT2D eigenvalue weighted by Crippen LogP contribution is -2.50. The number of ether oxygens (including phenoxy) is 1. The second-order valence-corrected chi connectivity index (χ2v) is 7.85. The normalized spacial score (nSPS) is 13.7. The fourth-order valence-electron chi connectivity index (χ4n) is 1.79. The summed E-state index contributed by atoms with van der Waals surface area (Å²) in [6, 6.07) is 7.59. The largest absolute Gasteiger partial charge is 0.452 e. The lowest BCUT2D eigenvalue weighted by atomic mass is 9.90. The Balaban J connectivity index is 2.82. The molecule has 0 unspecified atom stereocenters. The maximum atomic E-state index is 12.1. The van der Waals surface area contributed by atoms with E-state index in [-0.39, 0.29) is 16.4 Å². The van der Waals surface area contributed by atoms with E-state index < -0.39 is 33.9 Å². The molecule has 0 aliphatic carbocycles. The van der Waals surface area contributed by atoms with E-state index >= 15 is 0 Å². The molecular weight excluding hydrogens is 332 g/mol. The van der Waals surface area contributed by atoms with Crippen LogP contribution in [-0.4, -0.2) is 38.7 Å². The van der Waals surface area contributed by atoms with E-state index in [1.165, 1.54) is 24.3 Å². The lowest BCUT2D eigenvalue weighted by molar-refractivity contribution is -0.125. The minimum absolute atomic E-state index is 0.139. The molecule has 1 N–H and O–H groups in total. The van der Waals surface area contributed by atoms with E-state index in [0.29, 0.717) is 0 Å². The van der Waals surface area contributed by atoms with Crippen molar-refractivity contribution < 1.29 is 22.7 Å². The molecule has 0 saturated carbocycles. The smallest absolute Gasteiger partial charge is 0.339 e. The molecule has 0 fully saturated rings. The first-order valence-electron chi connectivity index (χ1n) is 7.19. The van der Waals surface area contributed by atoms with Gasteiger partial charge in [0.05, 0.1) is 16.5 Å². The molecule has 1 amide bonds. The van der Waals surface area contributed by atoms with E-state index in [9.17, 15) is 18.0 Å². The van der Waals surface area contributed by atoms with Gasteiger partial charge in [0.1, 0.15) is 5.54 Å². The molecule has 8 heteroatoms. The first-order valence-corrected chi connectivity index (χ1v) is 9.09. The summed E-state index contributed by atoms with van der Waals surface area (Å²) in [5, 5.41) is 11.6. The summed E-state index contributed by atoms with van der Waals surface area (Å²) in [4.78, 5) is 23.8. The molecule has 0 saturated heterocycles. The third kappa shape index (κ3) is 4.80. The second-order valence-electron chi connectivity index (χ2n) is 5.86. The van der Waals surface area contributed by atoms with E-state index in [2.05, 4.69) is 5.32 Å². The summed E-state index contributed by atoms with van der Waals surface area (Å²) in [5.41, 5.74) is -1.23. The third-order valence-electron chi connectivity index (χ3n) is 3.63. The van der Waals surface area contributed by atoms with Crippen LogP contribution in [0.2, 0.25) is 0 Å². The van der Waals surface area contributed by atoms with Gasteiger partial charge in [-0.25, -0.2) is 13.2 Å². The molecule has 0 aliphatic rings. The Morgan fingerprint density at radius 1 is 1.33 bits per heavy atom. The molecule has 0 spiro atoms. The van der Waals surface area contributed by atoms with Gasteiger partial charge in [0.2, 0.25) is 0 Å². The van der Waals surface area contributed by atoms with E-state index in [1.807, 2.05) is 6.07 Å². The maximum absolute atomic E-state index is 12.1. The Bertz CT molecular complexity index is 780. The number of esters is 1. The van der Waals surface area contributed by atoms with Crippen LogP contribution in [-0.2, 0) is 19.4 Å². The predicted molar refractivity (Wildman–Crippen MR) is 86.8 cm³/mol. The number of sulfone groups is 1. The monoisotopic (exact) mass is 352 g/mol. The molecule has 1 rings (SSSR count). The number of amides is 1. The van der Waals surface area contributed by atoms with Gasteiger partial charge in [-0.05, 0) is 25.0 Å². The van der Waals surface area contributed by atoms with Crippen molar-refractivity contribution in [1.82, 2.24) is 5.32 Å². The zero-order valence-electron chi connectivity index (χ0n) is 14.0. The average molecular weight is 352 g/mol. The molecule has 1 aromatic carbocycles. The van der Waals surface area contributed by atoms with Gasteiger partial charge in [-0.2, -0.15) is 5.26 Å². The summed E-state index contributed by atoms with van der Waals surface area (Å²) in [7, 11) is -3.61. The van der Waals surface area contributed by atoms with Gasteiger partial charge in [0.15, 0.2) is 16.4 Å². The van der Waals surface area contributed by atoms with Crippen molar-refractivity contribution in [3.63, 3.8) is 0 Å². The highest BCUT2D eigenvalue weighted by Crippen LogP contribution is 2.17. The zero-order chi connectivity index (χ0) is 18.5. The van der Waals surface area contributed by atoms with Crippen LogP contribution in [0.5, 0.6) is 0 Å². The van der Waals surface area contributed by atoms with Crippen molar-refractivity contribution in [3.05, 3.63) is 29.8 Å². The Morgan fingerprint density at radius 2 is 1.92 bits per heavy atom. The molecule has 1 atom stereocenters. The molecule has 0 radical (unpaired) electrons. The van der Waals surface area contributed by atoms with Crippen molar-refractivity contribution in [2.75, 3.05) is 12.9 Å². The number of carbonyl (C=O) groups is 2. The molecule has 0 bridgehead atoms. The van der Waals surface area contributed by atoms with Crippen LogP contribution in [0.4, 0.5) is 0 Å². The van der Waals surface area contributed by atoms with Gasteiger partial charge in [0.25, 0.3) is 5.91 Å². The summed E-state index contributed by atoms with van der Waals surface area (Å²) < 4.78 is 28.2. The minimum atomic E-state index is -3.61. The molecule has 0 heterocycles. The van der Waals surface area contributed by atoms with Gasteiger partial charge in [-0.15, -0.1) is 0 Å². The van der Waals surface area contributed by atoms with E-state index in [4.69, 9.17) is 10.00 Å². The third-order valence-corrected chi connectivity index (χ3v) is 4.78. The van der Waals surface area contributed by atoms with Gasteiger partial charge in [-0.3, -0.25) is 4.79 Å². The van der Waals surface area contributed by atoms with Gasteiger partial charge in [0, 0.05) is 6.26 Å². The Labute approximate surface area is 141 Å². The molecule has 7 nitrogen and oxygen atoms in total. The first kappa shape index (κ1) is 19.6. The van der Waals surface area contributed by atoms with Crippen molar-refractivity contribution >= 4 is 21.7 Å². The Morgan fingerprint density at radius 3 is 2.42 bits per heavy atom. The molecule has 1 aromatic rings. The summed E-state index contributed by atoms with van der Waals surface area (Å²) in [6.45, 7) is 4.51. The average Bonchev–Trinajstić information content (AvgIpc) is 2.51. The molecular formula is C16H20N2O5S. The van der Waals surface area contributed by atoms with Crippen LogP contribution < -0.4 is 5.32 Å². The number of benzene rings is 1. The molecule has 0 aromatic heterocycles. The predicted octanol–water partition coefficient (Wildman–Crippen LogP) is 1.30. The number of hydrogen-bond acceptors (Lipinski definition) is 6. The second kappa shape index (κ2) is 7.45. The summed E-state index contributed by atoms with van der Waals surface area (Å²) in [6.07, 6.45) is 0.979. The van der Waals surface area contributed by atoms with Crippen molar-refractivity contribution in [2.24, 2.45) is 5.92 Å². The van der Waals surface area contributed by atoms with Crippen LogP contribution in [0.1, 0.15) is 31.1 Å². The van der Waals surface area contributed by atoms with Crippen LogP contribution in [0.15, 0.2) is 29.2 Å². The fourth-order valence-corrected chi connectivity index (χ4v) is 2.67. The van der Waals surface area contributed by atoms with Crippen LogP contribution in [0, 0.1) is 17.2 Å². The molecule has 130 valence electrons. The number of carbonyl (C=O) groups excluding carboxylic acids is 2. The quantitative estimate of drug-likeness (QED) is 0.772. The number of nitrogens with one attached hydrogen (secondary N) is 1. The number of rotatable bonds is 6. The van der Waals surface area contributed by atoms with Crippen molar-refractivity contribution in [3.8, 4) is 6.07 Å². The first-order chi connectivity index (χ1) is 11.0. The Kier molecular flexibility index (Phi) is 6.10. The van der Waals surface area contributed by atoms with Crippen LogP contribution >= 0.6 is 0 Å². The zero-order valence-corrected chi connectivity index (χ0v) is 14.8. The highest BCUT2D eigenvalue weighted by Gasteiger charge is 2.30. The highest BCUT2D eigenvalue weighted by molar-refractivity contribution is 7.90. The molecule has 24 heavy (non-hydrogen) atoms. The van der Waals surface area contributed by atoms with Crippen molar-refractivity contribution in [1.29, 1.82) is 5.26 Å². The Hall–Kier alpha value is -2.40. The fraction of sp³-hybridized carbons (Fsp3) is 0.438. The van der Waals surface area contributed by atoms with E-state index in [0.717, 1.165) is 6.26 Å². The van der Waals surface area contributed by atoms with Gasteiger partial charge in [-0.1, -0.05) is 26.0 Å². The van der Waals surface area contributed by atoms with E-state index in [1.54, 1.807) is 20.8 Å². The number of nitrogens with zero attached hydrogens (tertiary/aromatic N) is 1. The number of nitriles is 1. The van der Waals surface area contributed by atoms with Gasteiger partial charge >= 0.3 is 5.97 Å². The van der Waals surface area contributed by atoms with Crippen molar-refractivity contribution in [2.45, 2.75) is 31.2 Å². The maximum Gasteiger partial charge on any atom is 0.339 e. The lowest BCUT2D eigenvalue weighted by Gasteiger charge is -2.27. The molecule has 0 aliphatic heterocycles. The number of hydrogen-bond donors (Lipinski definition) is 1. The van der Waals surface area contributed by atoms with Gasteiger partial charge < -0.3 is 10.1 Å². The van der Waals surface area contributed by atoms with Crippen LogP contribution in [0.3, 0.4) is 0 Å². The van der Waals surface area contributed by atoms with Crippen LogP contribution in [0.25, 0.3) is 0 Å². The highest BCUT2D eigenvalue weighted by atomic mass is 32.2. The topological polar surface area (TPSA) is 113 Å².